The second-order valence-corrected chi connectivity index (χ2v) is 6.41. The van der Waals surface area contributed by atoms with E-state index in [1.54, 1.807) is 6.07 Å². The summed E-state index contributed by atoms with van der Waals surface area (Å²) >= 11 is 0. The summed E-state index contributed by atoms with van der Waals surface area (Å²) in [5, 5.41) is 5.01. The number of carbonyl (C=O) groups is 1. The molecule has 1 amide bonds. The van der Waals surface area contributed by atoms with Crippen molar-refractivity contribution in [1.29, 1.82) is 0 Å². The van der Waals surface area contributed by atoms with E-state index in [2.05, 4.69) is 29.6 Å². The average molecular weight is 360 g/mol. The van der Waals surface area contributed by atoms with E-state index in [1.165, 1.54) is 0 Å². The normalized spacial score (nSPS) is 11.9. The van der Waals surface area contributed by atoms with Crippen LogP contribution in [0.1, 0.15) is 18.9 Å². The number of anilines is 1. The molecule has 0 spiro atoms. The lowest BCUT2D eigenvalue weighted by atomic mass is 9.96. The van der Waals surface area contributed by atoms with E-state index < -0.39 is 0 Å². The largest absolute Gasteiger partial charge is 0.398 e. The van der Waals surface area contributed by atoms with Crippen LogP contribution >= 0.6 is 0 Å². The Morgan fingerprint density at radius 2 is 1.70 bits per heavy atom. The lowest BCUT2D eigenvalue weighted by Crippen LogP contribution is -2.31. The zero-order valence-electron chi connectivity index (χ0n) is 15.3. The molecule has 27 heavy (non-hydrogen) atoms. The molecule has 0 saturated heterocycles. The predicted octanol–water partition coefficient (Wildman–Crippen LogP) is 3.20. The molecule has 7 N–H and O–H groups in total. The maximum absolute atomic E-state index is 12.1. The van der Waals surface area contributed by atoms with Crippen LogP contribution < -0.4 is 22.5 Å². The first kappa shape index (κ1) is 18.3. The van der Waals surface area contributed by atoms with Crippen molar-refractivity contribution < 1.29 is 4.79 Å². The first-order valence-corrected chi connectivity index (χ1v) is 8.94. The number of nitrogens with one attached hydrogen (secondary N) is 1. The minimum Gasteiger partial charge on any atom is -0.398 e. The highest BCUT2D eigenvalue weighted by Gasteiger charge is 2.15. The van der Waals surface area contributed by atoms with Gasteiger partial charge in [-0.15, -0.1) is 0 Å². The topological polar surface area (TPSA) is 107 Å². The van der Waals surface area contributed by atoms with Gasteiger partial charge >= 0.3 is 0 Å². The van der Waals surface area contributed by atoms with E-state index in [1.807, 2.05) is 37.3 Å². The Balaban J connectivity index is 2.03. The van der Waals surface area contributed by atoms with E-state index in [0.717, 1.165) is 28.3 Å². The molecule has 3 aromatic rings. The van der Waals surface area contributed by atoms with Crippen LogP contribution in [0.5, 0.6) is 0 Å². The molecule has 0 aromatic heterocycles. The van der Waals surface area contributed by atoms with Crippen LogP contribution in [0.4, 0.5) is 5.69 Å². The molecule has 0 aliphatic rings. The number of benzene rings is 3. The first-order chi connectivity index (χ1) is 13.0. The summed E-state index contributed by atoms with van der Waals surface area (Å²) in [6.07, 6.45) is 0.818. The van der Waals surface area contributed by atoms with Crippen molar-refractivity contribution in [3.63, 3.8) is 0 Å². The summed E-state index contributed by atoms with van der Waals surface area (Å²) in [7, 11) is 0. The molecule has 5 nitrogen and oxygen atoms in total. The van der Waals surface area contributed by atoms with Crippen molar-refractivity contribution in [3.05, 3.63) is 71.9 Å². The third-order valence-electron chi connectivity index (χ3n) is 4.53. The second kappa shape index (κ2) is 7.83. The fourth-order valence-electron chi connectivity index (χ4n) is 3.01. The highest BCUT2D eigenvalue weighted by Crippen LogP contribution is 2.33. The van der Waals surface area contributed by atoms with Gasteiger partial charge in [-0.25, -0.2) is 0 Å². The molecule has 0 unspecified atom stereocenters. The standard InChI is InChI=1S/C22H24N4O/c1-2-12-26-22(27)21(25)20(24)18-9-5-8-17(19(18)23)16-11-10-14-6-3-4-7-15(14)13-16/h3-11,13H,2,12,23-25H2,1H3,(H,26,27)/b21-20+. The summed E-state index contributed by atoms with van der Waals surface area (Å²) in [5.74, 6) is -0.384. The van der Waals surface area contributed by atoms with Gasteiger partial charge in [0.25, 0.3) is 5.91 Å². The van der Waals surface area contributed by atoms with Gasteiger partial charge in [0.1, 0.15) is 5.70 Å². The maximum Gasteiger partial charge on any atom is 0.269 e. The summed E-state index contributed by atoms with van der Waals surface area (Å²) in [6, 6.07) is 19.9. The Labute approximate surface area is 158 Å². The van der Waals surface area contributed by atoms with Crippen LogP contribution in [0.15, 0.2) is 66.4 Å². The number of rotatable bonds is 5. The van der Waals surface area contributed by atoms with E-state index >= 15 is 0 Å². The van der Waals surface area contributed by atoms with Crippen LogP contribution in [0, 0.1) is 0 Å². The smallest absolute Gasteiger partial charge is 0.269 e. The average Bonchev–Trinajstić information content (AvgIpc) is 2.70. The summed E-state index contributed by atoms with van der Waals surface area (Å²) in [6.45, 7) is 2.51. The van der Waals surface area contributed by atoms with E-state index in [9.17, 15) is 4.79 Å². The molecule has 0 fully saturated rings. The summed E-state index contributed by atoms with van der Waals surface area (Å²) < 4.78 is 0. The van der Waals surface area contributed by atoms with Crippen molar-refractivity contribution >= 4 is 28.1 Å². The molecule has 3 aromatic carbocycles. The summed E-state index contributed by atoms with van der Waals surface area (Å²) in [4.78, 5) is 12.1. The third-order valence-corrected chi connectivity index (χ3v) is 4.53. The van der Waals surface area contributed by atoms with Crippen LogP contribution in [-0.4, -0.2) is 12.5 Å². The number of hydrogen-bond acceptors (Lipinski definition) is 4. The lowest BCUT2D eigenvalue weighted by Gasteiger charge is -2.14. The van der Waals surface area contributed by atoms with Gasteiger partial charge in [-0.1, -0.05) is 61.5 Å². The van der Waals surface area contributed by atoms with Crippen molar-refractivity contribution in [2.75, 3.05) is 12.3 Å². The number of amides is 1. The number of carbonyl (C=O) groups excluding carboxylic acids is 1. The van der Waals surface area contributed by atoms with Crippen LogP contribution in [0.25, 0.3) is 27.6 Å². The van der Waals surface area contributed by atoms with Crippen molar-refractivity contribution in [2.45, 2.75) is 13.3 Å². The number of nitrogens with two attached hydrogens (primary N) is 3. The van der Waals surface area contributed by atoms with Gasteiger partial charge in [-0.05, 0) is 28.8 Å². The zero-order chi connectivity index (χ0) is 19.4. The maximum atomic E-state index is 12.1. The number of fused-ring (bicyclic) bond motifs is 1. The van der Waals surface area contributed by atoms with Gasteiger partial charge in [0.15, 0.2) is 0 Å². The molecule has 0 bridgehead atoms. The molecule has 138 valence electrons. The zero-order valence-corrected chi connectivity index (χ0v) is 15.3. The molecular formula is C22H24N4O. The van der Waals surface area contributed by atoms with E-state index in [4.69, 9.17) is 17.2 Å². The molecule has 5 heteroatoms. The Hall–Kier alpha value is -3.47. The fourth-order valence-corrected chi connectivity index (χ4v) is 3.01. The van der Waals surface area contributed by atoms with E-state index in [0.29, 0.717) is 17.8 Å². The number of hydrogen-bond donors (Lipinski definition) is 4. The third kappa shape index (κ3) is 3.72. The molecule has 0 atom stereocenters. The minimum absolute atomic E-state index is 0.0224. The lowest BCUT2D eigenvalue weighted by molar-refractivity contribution is -0.117. The van der Waals surface area contributed by atoms with Crippen LogP contribution in [-0.2, 0) is 4.79 Å². The molecule has 0 aliphatic carbocycles. The fraction of sp³-hybridized carbons (Fsp3) is 0.136. The van der Waals surface area contributed by atoms with Gasteiger partial charge < -0.3 is 22.5 Å². The predicted molar refractivity (Wildman–Crippen MR) is 112 cm³/mol. The van der Waals surface area contributed by atoms with Gasteiger partial charge in [0.05, 0.1) is 5.70 Å². The highest BCUT2D eigenvalue weighted by molar-refractivity contribution is 6.02. The second-order valence-electron chi connectivity index (χ2n) is 6.41. The minimum atomic E-state index is -0.384. The van der Waals surface area contributed by atoms with Crippen LogP contribution in [0.3, 0.4) is 0 Å². The molecule has 0 radical (unpaired) electrons. The van der Waals surface area contributed by atoms with Gasteiger partial charge in [0.2, 0.25) is 0 Å². The van der Waals surface area contributed by atoms with Crippen LogP contribution in [0.2, 0.25) is 0 Å². The quantitative estimate of drug-likeness (QED) is 0.414. The monoisotopic (exact) mass is 360 g/mol. The van der Waals surface area contributed by atoms with Crippen molar-refractivity contribution in [2.24, 2.45) is 11.5 Å². The summed E-state index contributed by atoms with van der Waals surface area (Å²) in [5.41, 5.74) is 21.6. The molecule has 3 rings (SSSR count). The van der Waals surface area contributed by atoms with Crippen molar-refractivity contribution in [1.82, 2.24) is 5.32 Å². The SMILES string of the molecule is CCCNC(=O)/C(N)=C(\N)c1cccc(-c2ccc3ccccc3c2)c1N. The molecule has 0 aliphatic heterocycles. The van der Waals surface area contributed by atoms with Gasteiger partial charge in [0, 0.05) is 23.4 Å². The van der Waals surface area contributed by atoms with Gasteiger partial charge in [-0.2, -0.15) is 0 Å². The molecular weight excluding hydrogens is 336 g/mol. The first-order valence-electron chi connectivity index (χ1n) is 8.94. The Morgan fingerprint density at radius 1 is 0.963 bits per heavy atom. The Bertz CT molecular complexity index is 1020. The van der Waals surface area contributed by atoms with Gasteiger partial charge in [-0.3, -0.25) is 4.79 Å². The highest BCUT2D eigenvalue weighted by atomic mass is 16.2. The molecule has 0 heterocycles. The number of nitrogen functional groups attached to an aromatic ring is 1. The Morgan fingerprint density at radius 3 is 2.44 bits per heavy atom. The van der Waals surface area contributed by atoms with Crippen molar-refractivity contribution in [3.8, 4) is 11.1 Å². The Kier molecular flexibility index (Phi) is 5.31. The molecule has 0 saturated carbocycles. The number of para-hydroxylation sites is 1. The van der Waals surface area contributed by atoms with E-state index in [-0.39, 0.29) is 17.3 Å².